The lowest BCUT2D eigenvalue weighted by Crippen LogP contribution is -2.27. The lowest BCUT2D eigenvalue weighted by atomic mass is 10.0. The Balaban J connectivity index is 2.25. The van der Waals surface area contributed by atoms with Crippen LogP contribution in [0.15, 0.2) is 0 Å². The summed E-state index contributed by atoms with van der Waals surface area (Å²) >= 11 is 0. The summed E-state index contributed by atoms with van der Waals surface area (Å²) < 4.78 is 9.42. The summed E-state index contributed by atoms with van der Waals surface area (Å²) in [5.41, 5.74) is 0. The highest BCUT2D eigenvalue weighted by Crippen LogP contribution is 2.26. The number of carbonyl (C=O) groups excluding carboxylic acids is 2. The molecule has 54 valence electrons. The topological polar surface area (TPSA) is 52.6 Å². The molecule has 0 aliphatic carbocycles. The summed E-state index contributed by atoms with van der Waals surface area (Å²) in [4.78, 5) is 21.5. The van der Waals surface area contributed by atoms with Gasteiger partial charge in [-0.15, -0.1) is 0 Å². The lowest BCUT2D eigenvalue weighted by molar-refractivity contribution is -0.153. The number of cyclic esters (lactones) is 1. The molecule has 0 unspecified atom stereocenters. The molecular weight excluding hydrogens is 136 g/mol. The van der Waals surface area contributed by atoms with Gasteiger partial charge in [0.05, 0.1) is 0 Å². The second kappa shape index (κ2) is 1.71. The van der Waals surface area contributed by atoms with Crippen LogP contribution in [0.25, 0.3) is 0 Å². The zero-order chi connectivity index (χ0) is 7.14. The first-order valence-electron chi connectivity index (χ1n) is 3.14. The molecule has 2 aliphatic heterocycles. The minimum atomic E-state index is -0.626. The average molecular weight is 142 g/mol. The van der Waals surface area contributed by atoms with E-state index in [9.17, 15) is 9.59 Å². The first-order chi connectivity index (χ1) is 4.77. The molecule has 0 aromatic carbocycles. The normalized spacial score (nSPS) is 37.2. The van der Waals surface area contributed by atoms with Crippen molar-refractivity contribution in [3.63, 3.8) is 0 Å². The highest BCUT2D eigenvalue weighted by molar-refractivity contribution is 5.97. The maximum atomic E-state index is 10.7. The van der Waals surface area contributed by atoms with Crippen molar-refractivity contribution in [1.82, 2.24) is 0 Å². The van der Waals surface area contributed by atoms with Crippen molar-refractivity contribution in [3.05, 3.63) is 0 Å². The largest absolute Gasteiger partial charge is 0.461 e. The fourth-order valence-electron chi connectivity index (χ4n) is 1.22. The van der Waals surface area contributed by atoms with Gasteiger partial charge >= 0.3 is 11.9 Å². The molecule has 0 saturated carbocycles. The van der Waals surface area contributed by atoms with Gasteiger partial charge in [0, 0.05) is 6.42 Å². The molecule has 0 aromatic rings. The van der Waals surface area contributed by atoms with Gasteiger partial charge in [-0.3, -0.25) is 9.59 Å². The summed E-state index contributed by atoms with van der Waals surface area (Å²) in [5.74, 6) is -1.48. The molecule has 0 radical (unpaired) electrons. The number of ether oxygens (including phenoxy) is 2. The standard InChI is InChI=1S/C6H6O4/c7-5-4-1-3(2-9-5)10-6(4)8/h3-4H,1-2H2/t3-,4-/m0/s1. The quantitative estimate of drug-likeness (QED) is 0.337. The van der Waals surface area contributed by atoms with Crippen LogP contribution in [0.1, 0.15) is 6.42 Å². The molecule has 2 aliphatic rings. The Bertz CT molecular complexity index is 190. The van der Waals surface area contributed by atoms with Gasteiger partial charge in [0.25, 0.3) is 0 Å². The second-order valence-electron chi connectivity index (χ2n) is 2.48. The molecule has 2 bridgehead atoms. The minimum absolute atomic E-state index is 0.171. The summed E-state index contributed by atoms with van der Waals surface area (Å²) in [7, 11) is 0. The third kappa shape index (κ3) is 0.616. The molecular formula is C6H6O4. The van der Waals surface area contributed by atoms with Gasteiger partial charge in [-0.2, -0.15) is 0 Å². The molecule has 0 spiro atoms. The number of fused-ring (bicyclic) bond motifs is 2. The molecule has 0 N–H and O–H groups in total. The van der Waals surface area contributed by atoms with Crippen molar-refractivity contribution >= 4 is 11.9 Å². The highest BCUT2D eigenvalue weighted by atomic mass is 16.6. The Kier molecular flexibility index (Phi) is 0.977. The fourth-order valence-corrected chi connectivity index (χ4v) is 1.22. The smallest absolute Gasteiger partial charge is 0.320 e. The lowest BCUT2D eigenvalue weighted by Gasteiger charge is -2.13. The van der Waals surface area contributed by atoms with E-state index in [0.29, 0.717) is 6.42 Å². The van der Waals surface area contributed by atoms with E-state index in [1.165, 1.54) is 0 Å². The van der Waals surface area contributed by atoms with Crippen molar-refractivity contribution in [1.29, 1.82) is 0 Å². The number of carbonyl (C=O) groups is 2. The van der Waals surface area contributed by atoms with Crippen LogP contribution < -0.4 is 0 Å². The van der Waals surface area contributed by atoms with Crippen molar-refractivity contribution in [3.8, 4) is 0 Å². The van der Waals surface area contributed by atoms with Gasteiger partial charge in [-0.05, 0) is 0 Å². The van der Waals surface area contributed by atoms with Gasteiger partial charge in [0.2, 0.25) is 0 Å². The van der Waals surface area contributed by atoms with E-state index < -0.39 is 17.9 Å². The summed E-state index contributed by atoms with van der Waals surface area (Å²) in [6, 6.07) is 0. The van der Waals surface area contributed by atoms with Crippen molar-refractivity contribution < 1.29 is 19.1 Å². The zero-order valence-electron chi connectivity index (χ0n) is 5.20. The van der Waals surface area contributed by atoms with E-state index in [1.807, 2.05) is 0 Å². The van der Waals surface area contributed by atoms with Crippen molar-refractivity contribution in [2.24, 2.45) is 5.92 Å². The van der Waals surface area contributed by atoms with Gasteiger partial charge in [0.15, 0.2) is 5.92 Å². The SMILES string of the molecule is O=C1OC[C@@H]2C[C@@H]1C(=O)O2. The Morgan fingerprint density at radius 2 is 2.10 bits per heavy atom. The van der Waals surface area contributed by atoms with Crippen LogP contribution >= 0.6 is 0 Å². The van der Waals surface area contributed by atoms with Crippen molar-refractivity contribution in [2.45, 2.75) is 12.5 Å². The predicted molar refractivity (Wildman–Crippen MR) is 28.9 cm³/mol. The van der Waals surface area contributed by atoms with Crippen LogP contribution in [0.3, 0.4) is 0 Å². The van der Waals surface area contributed by atoms with E-state index in [0.717, 1.165) is 0 Å². The van der Waals surface area contributed by atoms with Gasteiger partial charge < -0.3 is 9.47 Å². The van der Waals surface area contributed by atoms with E-state index in [4.69, 9.17) is 4.74 Å². The Morgan fingerprint density at radius 1 is 1.30 bits per heavy atom. The third-order valence-electron chi connectivity index (χ3n) is 1.76. The molecule has 2 rings (SSSR count). The minimum Gasteiger partial charge on any atom is -0.461 e. The van der Waals surface area contributed by atoms with Crippen LogP contribution in [-0.2, 0) is 19.1 Å². The number of hydrogen-bond acceptors (Lipinski definition) is 4. The van der Waals surface area contributed by atoms with Crippen LogP contribution in [0.4, 0.5) is 0 Å². The number of hydrogen-bond donors (Lipinski definition) is 0. The molecule has 0 amide bonds. The maximum Gasteiger partial charge on any atom is 0.320 e. The third-order valence-corrected chi connectivity index (χ3v) is 1.76. The number of rotatable bonds is 0. The fraction of sp³-hybridized carbons (Fsp3) is 0.667. The van der Waals surface area contributed by atoms with E-state index in [-0.39, 0.29) is 12.7 Å². The van der Waals surface area contributed by atoms with Crippen LogP contribution in [0, 0.1) is 5.92 Å². The zero-order valence-corrected chi connectivity index (χ0v) is 5.20. The maximum absolute atomic E-state index is 10.7. The molecule has 4 nitrogen and oxygen atoms in total. The molecule has 4 heteroatoms. The van der Waals surface area contributed by atoms with E-state index >= 15 is 0 Å². The van der Waals surface area contributed by atoms with E-state index in [2.05, 4.69) is 4.74 Å². The van der Waals surface area contributed by atoms with E-state index in [1.54, 1.807) is 0 Å². The van der Waals surface area contributed by atoms with Crippen LogP contribution in [0.5, 0.6) is 0 Å². The molecule has 2 saturated heterocycles. The highest BCUT2D eigenvalue weighted by Gasteiger charge is 2.45. The molecule has 10 heavy (non-hydrogen) atoms. The summed E-state index contributed by atoms with van der Waals surface area (Å²) in [6.45, 7) is 0.237. The predicted octanol–water partition coefficient (Wildman–Crippen LogP) is -0.525. The van der Waals surface area contributed by atoms with Gasteiger partial charge in [0.1, 0.15) is 12.7 Å². The van der Waals surface area contributed by atoms with Crippen LogP contribution in [-0.4, -0.2) is 24.6 Å². The van der Waals surface area contributed by atoms with Crippen LogP contribution in [0.2, 0.25) is 0 Å². The summed E-state index contributed by atoms with van der Waals surface area (Å²) in [5, 5.41) is 0. The first kappa shape index (κ1) is 5.70. The monoisotopic (exact) mass is 142 g/mol. The Morgan fingerprint density at radius 3 is 2.80 bits per heavy atom. The Labute approximate surface area is 57.1 Å². The van der Waals surface area contributed by atoms with Gasteiger partial charge in [-0.25, -0.2) is 0 Å². The number of esters is 2. The molecule has 2 heterocycles. The average Bonchev–Trinajstić information content (AvgIpc) is 2.21. The summed E-state index contributed by atoms with van der Waals surface area (Å²) in [6.07, 6.45) is 0.340. The molecule has 0 aromatic heterocycles. The Hall–Kier alpha value is -1.06. The van der Waals surface area contributed by atoms with Gasteiger partial charge in [-0.1, -0.05) is 0 Å². The molecule has 2 fully saturated rings. The van der Waals surface area contributed by atoms with Crippen molar-refractivity contribution in [2.75, 3.05) is 6.61 Å². The molecule has 2 atom stereocenters. The second-order valence-corrected chi connectivity index (χ2v) is 2.48. The first-order valence-corrected chi connectivity index (χ1v) is 3.14.